The van der Waals surface area contributed by atoms with E-state index < -0.39 is 0 Å². The molecular weight excluding hydrogens is 218 g/mol. The van der Waals surface area contributed by atoms with Crippen LogP contribution in [0.1, 0.15) is 12.8 Å². The molecule has 4 nitrogen and oxygen atoms in total. The fourth-order valence-corrected chi connectivity index (χ4v) is 1.66. The van der Waals surface area contributed by atoms with Crippen LogP contribution in [0.25, 0.3) is 0 Å². The Bertz CT molecular complexity index is 341. The second kappa shape index (κ2) is 5.77. The smallest absolute Gasteiger partial charge is 0.203 e. The summed E-state index contributed by atoms with van der Waals surface area (Å²) in [6.45, 7) is 1.47. The molecule has 0 radical (unpaired) electrons. The number of nitrogens with one attached hydrogen (secondary N) is 1. The minimum atomic E-state index is 0.618. The summed E-state index contributed by atoms with van der Waals surface area (Å²) in [6.07, 6.45) is 2.58. The number of para-hydroxylation sites is 1. The normalized spacial score (nSPS) is 14.5. The number of rotatable bonds is 7. The van der Waals surface area contributed by atoms with Gasteiger partial charge in [-0.3, -0.25) is 0 Å². The van der Waals surface area contributed by atoms with Crippen molar-refractivity contribution < 1.29 is 14.2 Å². The van der Waals surface area contributed by atoms with E-state index in [0.717, 1.165) is 6.54 Å². The number of ether oxygens (including phenoxy) is 3. The Morgan fingerprint density at radius 1 is 1.18 bits per heavy atom. The molecular formula is C13H19NO3. The molecule has 1 aliphatic rings. The molecule has 0 unspecified atom stereocenters. The van der Waals surface area contributed by atoms with Crippen molar-refractivity contribution in [3.8, 4) is 17.2 Å². The lowest BCUT2D eigenvalue weighted by Gasteiger charge is -2.14. The molecule has 0 heterocycles. The molecule has 0 spiro atoms. The SMILES string of the molecule is COc1cccc(OC)c1OCCNC1CC1. The van der Waals surface area contributed by atoms with Gasteiger partial charge in [-0.2, -0.15) is 0 Å². The fourth-order valence-electron chi connectivity index (χ4n) is 1.66. The highest BCUT2D eigenvalue weighted by atomic mass is 16.5. The average molecular weight is 237 g/mol. The van der Waals surface area contributed by atoms with E-state index in [1.165, 1.54) is 12.8 Å². The monoisotopic (exact) mass is 237 g/mol. The van der Waals surface area contributed by atoms with Gasteiger partial charge in [-0.15, -0.1) is 0 Å². The Kier molecular flexibility index (Phi) is 4.09. The second-order valence-electron chi connectivity index (χ2n) is 4.07. The third-order valence-electron chi connectivity index (χ3n) is 2.74. The van der Waals surface area contributed by atoms with Crippen molar-refractivity contribution in [2.24, 2.45) is 0 Å². The summed E-state index contributed by atoms with van der Waals surface area (Å²) in [5.41, 5.74) is 0. The largest absolute Gasteiger partial charge is 0.493 e. The van der Waals surface area contributed by atoms with Crippen molar-refractivity contribution in [3.05, 3.63) is 18.2 Å². The fraction of sp³-hybridized carbons (Fsp3) is 0.538. The van der Waals surface area contributed by atoms with Gasteiger partial charge in [-0.1, -0.05) is 6.07 Å². The summed E-state index contributed by atoms with van der Waals surface area (Å²) in [5, 5.41) is 3.40. The van der Waals surface area contributed by atoms with E-state index in [1.54, 1.807) is 14.2 Å². The lowest BCUT2D eigenvalue weighted by Crippen LogP contribution is -2.23. The van der Waals surface area contributed by atoms with Crippen LogP contribution in [0.4, 0.5) is 0 Å². The average Bonchev–Trinajstić information content (AvgIpc) is 3.18. The van der Waals surface area contributed by atoms with Crippen molar-refractivity contribution in [1.82, 2.24) is 5.32 Å². The molecule has 4 heteroatoms. The minimum absolute atomic E-state index is 0.618. The first-order valence-corrected chi connectivity index (χ1v) is 5.92. The van der Waals surface area contributed by atoms with E-state index >= 15 is 0 Å². The van der Waals surface area contributed by atoms with Crippen molar-refractivity contribution in [3.63, 3.8) is 0 Å². The van der Waals surface area contributed by atoms with Gasteiger partial charge in [0.05, 0.1) is 14.2 Å². The summed E-state index contributed by atoms with van der Waals surface area (Å²) in [6, 6.07) is 6.32. The van der Waals surface area contributed by atoms with Crippen LogP contribution < -0.4 is 19.5 Å². The Hall–Kier alpha value is -1.42. The maximum atomic E-state index is 5.72. The van der Waals surface area contributed by atoms with E-state index in [9.17, 15) is 0 Å². The van der Waals surface area contributed by atoms with Crippen LogP contribution in [0.3, 0.4) is 0 Å². The molecule has 1 saturated carbocycles. The Morgan fingerprint density at radius 3 is 2.35 bits per heavy atom. The molecule has 1 N–H and O–H groups in total. The van der Waals surface area contributed by atoms with Crippen LogP contribution in [-0.2, 0) is 0 Å². The zero-order valence-corrected chi connectivity index (χ0v) is 10.4. The highest BCUT2D eigenvalue weighted by Crippen LogP contribution is 2.36. The van der Waals surface area contributed by atoms with E-state index in [1.807, 2.05) is 18.2 Å². The summed E-state index contributed by atoms with van der Waals surface area (Å²) in [5.74, 6) is 2.08. The summed E-state index contributed by atoms with van der Waals surface area (Å²) in [4.78, 5) is 0. The van der Waals surface area contributed by atoms with Crippen molar-refractivity contribution in [1.29, 1.82) is 0 Å². The number of hydrogen-bond acceptors (Lipinski definition) is 4. The zero-order chi connectivity index (χ0) is 12.1. The second-order valence-corrected chi connectivity index (χ2v) is 4.07. The van der Waals surface area contributed by atoms with Gasteiger partial charge in [0.15, 0.2) is 11.5 Å². The van der Waals surface area contributed by atoms with E-state index in [-0.39, 0.29) is 0 Å². The Balaban J connectivity index is 1.91. The quantitative estimate of drug-likeness (QED) is 0.734. The van der Waals surface area contributed by atoms with Crippen LogP contribution in [0.15, 0.2) is 18.2 Å². The van der Waals surface area contributed by atoms with E-state index in [4.69, 9.17) is 14.2 Å². The van der Waals surface area contributed by atoms with Gasteiger partial charge in [-0.05, 0) is 25.0 Å². The summed E-state index contributed by atoms with van der Waals surface area (Å²) in [7, 11) is 3.26. The van der Waals surface area contributed by atoms with Crippen LogP contribution in [0, 0.1) is 0 Å². The Morgan fingerprint density at radius 2 is 1.82 bits per heavy atom. The molecule has 2 rings (SSSR count). The van der Waals surface area contributed by atoms with Crippen LogP contribution in [-0.4, -0.2) is 33.4 Å². The van der Waals surface area contributed by atoms with Crippen molar-refractivity contribution in [2.75, 3.05) is 27.4 Å². The van der Waals surface area contributed by atoms with Gasteiger partial charge in [0.25, 0.3) is 0 Å². The predicted molar refractivity (Wildman–Crippen MR) is 66.1 cm³/mol. The molecule has 17 heavy (non-hydrogen) atoms. The van der Waals surface area contributed by atoms with Crippen LogP contribution >= 0.6 is 0 Å². The first-order valence-electron chi connectivity index (χ1n) is 5.92. The number of methoxy groups -OCH3 is 2. The minimum Gasteiger partial charge on any atom is -0.493 e. The lowest BCUT2D eigenvalue weighted by atomic mass is 10.3. The van der Waals surface area contributed by atoms with Crippen molar-refractivity contribution in [2.45, 2.75) is 18.9 Å². The molecule has 0 aromatic heterocycles. The maximum absolute atomic E-state index is 5.72. The highest BCUT2D eigenvalue weighted by Gasteiger charge is 2.20. The molecule has 94 valence electrons. The summed E-state index contributed by atoms with van der Waals surface area (Å²) < 4.78 is 16.2. The van der Waals surface area contributed by atoms with Crippen LogP contribution in [0.5, 0.6) is 17.2 Å². The van der Waals surface area contributed by atoms with Crippen molar-refractivity contribution >= 4 is 0 Å². The van der Waals surface area contributed by atoms with E-state index in [0.29, 0.717) is 29.9 Å². The third kappa shape index (κ3) is 3.27. The molecule has 0 saturated heterocycles. The molecule has 1 aromatic carbocycles. The topological polar surface area (TPSA) is 39.7 Å². The molecule has 0 bridgehead atoms. The van der Waals surface area contributed by atoms with E-state index in [2.05, 4.69) is 5.32 Å². The first-order chi connectivity index (χ1) is 8.35. The van der Waals surface area contributed by atoms with Gasteiger partial charge in [0.2, 0.25) is 5.75 Å². The highest BCUT2D eigenvalue weighted by molar-refractivity contribution is 5.51. The molecule has 1 aliphatic carbocycles. The number of hydrogen-bond donors (Lipinski definition) is 1. The standard InChI is InChI=1S/C13H19NO3/c1-15-11-4-3-5-12(16-2)13(11)17-9-8-14-10-6-7-10/h3-5,10,14H,6-9H2,1-2H3. The third-order valence-corrected chi connectivity index (χ3v) is 2.74. The van der Waals surface area contributed by atoms with Gasteiger partial charge in [-0.25, -0.2) is 0 Å². The first kappa shape index (κ1) is 12.0. The number of benzene rings is 1. The van der Waals surface area contributed by atoms with Gasteiger partial charge < -0.3 is 19.5 Å². The van der Waals surface area contributed by atoms with Gasteiger partial charge in [0, 0.05) is 12.6 Å². The van der Waals surface area contributed by atoms with Gasteiger partial charge in [0.1, 0.15) is 6.61 Å². The Labute approximate surface area is 102 Å². The zero-order valence-electron chi connectivity index (χ0n) is 10.4. The maximum Gasteiger partial charge on any atom is 0.203 e. The lowest BCUT2D eigenvalue weighted by molar-refractivity contribution is 0.273. The summed E-state index contributed by atoms with van der Waals surface area (Å²) >= 11 is 0. The molecule has 1 aromatic rings. The predicted octanol–water partition coefficient (Wildman–Crippen LogP) is 1.83. The molecule has 0 aliphatic heterocycles. The molecule has 0 amide bonds. The molecule has 0 atom stereocenters. The van der Waals surface area contributed by atoms with Crippen LogP contribution in [0.2, 0.25) is 0 Å². The van der Waals surface area contributed by atoms with Gasteiger partial charge >= 0.3 is 0 Å². The molecule has 1 fully saturated rings.